The lowest BCUT2D eigenvalue weighted by molar-refractivity contribution is 0.757. The Morgan fingerprint density at radius 3 is 2.36 bits per heavy atom. The highest BCUT2D eigenvalue weighted by atomic mass is 14.9. The highest BCUT2D eigenvalue weighted by Gasteiger charge is 2.06. The normalized spacial score (nSPS) is 12.9. The van der Waals surface area contributed by atoms with Crippen molar-refractivity contribution in [3.8, 4) is 0 Å². The summed E-state index contributed by atoms with van der Waals surface area (Å²) in [7, 11) is 0. The molecule has 1 aromatic carbocycles. The topological polar surface area (TPSA) is 12.0 Å². The number of anilines is 1. The van der Waals surface area contributed by atoms with Crippen LogP contribution in [0.25, 0.3) is 0 Å². The molecule has 1 nitrogen and oxygen atoms in total. The monoisotopic (exact) mass is 191 g/mol. The molecule has 1 aromatic rings. The fraction of sp³-hybridized carbons (Fsp3) is 0.538. The van der Waals surface area contributed by atoms with Crippen molar-refractivity contribution < 1.29 is 0 Å². The first-order valence-electron chi connectivity index (χ1n) is 5.50. The molecule has 14 heavy (non-hydrogen) atoms. The molecule has 1 atom stereocenters. The summed E-state index contributed by atoms with van der Waals surface area (Å²) in [5.41, 5.74) is 2.70. The fourth-order valence-electron chi connectivity index (χ4n) is 1.50. The highest BCUT2D eigenvalue weighted by molar-refractivity contribution is 5.53. The van der Waals surface area contributed by atoms with Crippen LogP contribution in [0.1, 0.15) is 45.6 Å². The van der Waals surface area contributed by atoms with Gasteiger partial charge in [-0.05, 0) is 30.9 Å². The molecule has 1 N–H and O–H groups in total. The lowest BCUT2D eigenvalue weighted by Crippen LogP contribution is -2.14. The first-order chi connectivity index (χ1) is 6.65. The molecular weight excluding hydrogens is 170 g/mol. The summed E-state index contributed by atoms with van der Waals surface area (Å²) < 4.78 is 0. The van der Waals surface area contributed by atoms with Crippen molar-refractivity contribution in [1.82, 2.24) is 0 Å². The van der Waals surface area contributed by atoms with Gasteiger partial charge in [0.2, 0.25) is 0 Å². The van der Waals surface area contributed by atoms with E-state index in [9.17, 15) is 0 Å². The minimum Gasteiger partial charge on any atom is -0.382 e. The van der Waals surface area contributed by atoms with Gasteiger partial charge in [0.15, 0.2) is 0 Å². The molecule has 0 aliphatic rings. The molecule has 0 aromatic heterocycles. The summed E-state index contributed by atoms with van der Waals surface area (Å²) in [5, 5.41) is 3.54. The highest BCUT2D eigenvalue weighted by Crippen LogP contribution is 2.24. The molecule has 0 spiro atoms. The van der Waals surface area contributed by atoms with Gasteiger partial charge in [-0.15, -0.1) is 0 Å². The van der Waals surface area contributed by atoms with Gasteiger partial charge < -0.3 is 5.32 Å². The molecular formula is C13H21N. The van der Waals surface area contributed by atoms with Crippen LogP contribution in [0.4, 0.5) is 5.69 Å². The number of hydrogen-bond acceptors (Lipinski definition) is 1. The molecule has 0 heterocycles. The lowest BCUT2D eigenvalue weighted by Gasteiger charge is -2.18. The molecule has 0 saturated heterocycles. The van der Waals surface area contributed by atoms with E-state index in [-0.39, 0.29) is 0 Å². The van der Waals surface area contributed by atoms with Gasteiger partial charge in [0.25, 0.3) is 0 Å². The van der Waals surface area contributed by atoms with Gasteiger partial charge in [-0.2, -0.15) is 0 Å². The van der Waals surface area contributed by atoms with E-state index in [1.807, 2.05) is 0 Å². The van der Waals surface area contributed by atoms with Gasteiger partial charge in [0.05, 0.1) is 0 Å². The minimum atomic E-state index is 0.551. The molecule has 0 unspecified atom stereocenters. The lowest BCUT2D eigenvalue weighted by atomic mass is 10.0. The Kier molecular flexibility index (Phi) is 3.99. The van der Waals surface area contributed by atoms with Crippen LogP contribution in [0, 0.1) is 0 Å². The fourth-order valence-corrected chi connectivity index (χ4v) is 1.50. The Hall–Kier alpha value is -0.980. The van der Waals surface area contributed by atoms with Crippen molar-refractivity contribution in [2.75, 3.05) is 5.32 Å². The molecule has 0 aliphatic carbocycles. The second-order valence-electron chi connectivity index (χ2n) is 4.20. The SMILES string of the molecule is CC[C@@H](C)Nc1ccccc1C(C)C. The largest absolute Gasteiger partial charge is 0.382 e. The predicted molar refractivity (Wildman–Crippen MR) is 63.9 cm³/mol. The number of benzene rings is 1. The van der Waals surface area contributed by atoms with E-state index >= 15 is 0 Å². The van der Waals surface area contributed by atoms with E-state index in [4.69, 9.17) is 0 Å². The van der Waals surface area contributed by atoms with Crippen molar-refractivity contribution in [2.24, 2.45) is 0 Å². The number of para-hydroxylation sites is 1. The predicted octanol–water partition coefficient (Wildman–Crippen LogP) is 4.02. The van der Waals surface area contributed by atoms with E-state index in [1.165, 1.54) is 11.3 Å². The molecule has 0 radical (unpaired) electrons. The van der Waals surface area contributed by atoms with Gasteiger partial charge in [0, 0.05) is 11.7 Å². The molecule has 1 heteroatoms. The molecule has 0 amide bonds. The quantitative estimate of drug-likeness (QED) is 0.758. The van der Waals surface area contributed by atoms with Crippen LogP contribution in [0.5, 0.6) is 0 Å². The third-order valence-corrected chi connectivity index (χ3v) is 2.60. The minimum absolute atomic E-state index is 0.551. The Morgan fingerprint density at radius 2 is 1.79 bits per heavy atom. The first kappa shape index (κ1) is 11.1. The second-order valence-corrected chi connectivity index (χ2v) is 4.20. The number of rotatable bonds is 4. The van der Waals surface area contributed by atoms with Gasteiger partial charge in [0.1, 0.15) is 0 Å². The van der Waals surface area contributed by atoms with E-state index in [2.05, 4.69) is 57.3 Å². The maximum absolute atomic E-state index is 3.54. The van der Waals surface area contributed by atoms with Gasteiger partial charge in [-0.1, -0.05) is 39.0 Å². The molecule has 0 fully saturated rings. The summed E-state index contributed by atoms with van der Waals surface area (Å²) in [6.07, 6.45) is 1.16. The van der Waals surface area contributed by atoms with Crippen molar-refractivity contribution in [2.45, 2.75) is 46.1 Å². The summed E-state index contributed by atoms with van der Waals surface area (Å²) in [6.45, 7) is 8.89. The van der Waals surface area contributed by atoms with Crippen LogP contribution < -0.4 is 5.32 Å². The summed E-state index contributed by atoms with van der Waals surface area (Å²) in [5.74, 6) is 0.586. The van der Waals surface area contributed by atoms with E-state index in [0.717, 1.165) is 6.42 Å². The Morgan fingerprint density at radius 1 is 1.14 bits per heavy atom. The zero-order chi connectivity index (χ0) is 10.6. The van der Waals surface area contributed by atoms with E-state index in [0.29, 0.717) is 12.0 Å². The van der Waals surface area contributed by atoms with Crippen molar-refractivity contribution >= 4 is 5.69 Å². The molecule has 1 rings (SSSR count). The van der Waals surface area contributed by atoms with Crippen molar-refractivity contribution in [3.05, 3.63) is 29.8 Å². The maximum Gasteiger partial charge on any atom is 0.0377 e. The molecule has 0 saturated carbocycles. The van der Waals surface area contributed by atoms with Crippen molar-refractivity contribution in [3.63, 3.8) is 0 Å². The molecule has 0 aliphatic heterocycles. The Balaban J connectivity index is 2.84. The first-order valence-corrected chi connectivity index (χ1v) is 5.50. The average Bonchev–Trinajstić information content (AvgIpc) is 2.18. The molecule has 0 bridgehead atoms. The number of nitrogens with one attached hydrogen (secondary N) is 1. The Bertz CT molecular complexity index is 278. The Labute approximate surface area is 87.5 Å². The zero-order valence-electron chi connectivity index (χ0n) is 9.67. The van der Waals surface area contributed by atoms with E-state index < -0.39 is 0 Å². The third kappa shape index (κ3) is 2.76. The standard InChI is InChI=1S/C13H21N/c1-5-11(4)14-13-9-7-6-8-12(13)10(2)3/h6-11,14H,5H2,1-4H3/t11-/m1/s1. The number of hydrogen-bond donors (Lipinski definition) is 1. The van der Waals surface area contributed by atoms with Crippen molar-refractivity contribution in [1.29, 1.82) is 0 Å². The van der Waals surface area contributed by atoms with Gasteiger partial charge in [-0.25, -0.2) is 0 Å². The van der Waals surface area contributed by atoms with Crippen LogP contribution >= 0.6 is 0 Å². The summed E-state index contributed by atoms with van der Waals surface area (Å²) in [6, 6.07) is 9.12. The van der Waals surface area contributed by atoms with Crippen LogP contribution in [-0.2, 0) is 0 Å². The van der Waals surface area contributed by atoms with Crippen LogP contribution in [0.2, 0.25) is 0 Å². The van der Waals surface area contributed by atoms with Crippen LogP contribution in [0.15, 0.2) is 24.3 Å². The van der Waals surface area contributed by atoms with Gasteiger partial charge >= 0.3 is 0 Å². The smallest absolute Gasteiger partial charge is 0.0377 e. The average molecular weight is 191 g/mol. The maximum atomic E-state index is 3.54. The van der Waals surface area contributed by atoms with E-state index in [1.54, 1.807) is 0 Å². The van der Waals surface area contributed by atoms with Crippen LogP contribution in [-0.4, -0.2) is 6.04 Å². The molecule has 78 valence electrons. The second kappa shape index (κ2) is 5.04. The zero-order valence-corrected chi connectivity index (χ0v) is 9.67. The van der Waals surface area contributed by atoms with Gasteiger partial charge in [-0.3, -0.25) is 0 Å². The third-order valence-electron chi connectivity index (χ3n) is 2.60. The van der Waals surface area contributed by atoms with Crippen LogP contribution in [0.3, 0.4) is 0 Å². The summed E-state index contributed by atoms with van der Waals surface area (Å²) >= 11 is 0. The summed E-state index contributed by atoms with van der Waals surface area (Å²) in [4.78, 5) is 0.